The van der Waals surface area contributed by atoms with E-state index in [0.717, 1.165) is 16.9 Å². The Morgan fingerprint density at radius 1 is 0.969 bits per heavy atom. The van der Waals surface area contributed by atoms with Crippen molar-refractivity contribution in [3.63, 3.8) is 0 Å². The van der Waals surface area contributed by atoms with Crippen molar-refractivity contribution in [2.24, 2.45) is 0 Å². The van der Waals surface area contributed by atoms with Crippen LogP contribution in [-0.4, -0.2) is 32.9 Å². The molecule has 0 bridgehead atoms. The van der Waals surface area contributed by atoms with E-state index >= 15 is 0 Å². The first kappa shape index (κ1) is 24.5. The van der Waals surface area contributed by atoms with Crippen LogP contribution in [0.15, 0.2) is 77.7 Å². The van der Waals surface area contributed by atoms with Gasteiger partial charge in [0.2, 0.25) is 10.0 Å². The third kappa shape index (κ3) is 6.65. The first-order valence-corrected chi connectivity index (χ1v) is 13.3. The van der Waals surface area contributed by atoms with E-state index in [9.17, 15) is 13.2 Å². The molecular weight excluding hydrogens is 487 g/mol. The molecule has 0 aliphatic rings. The number of benzene rings is 3. The summed E-state index contributed by atoms with van der Waals surface area (Å²) in [5, 5.41) is 3.34. The van der Waals surface area contributed by atoms with Gasteiger partial charge in [-0.2, -0.15) is 0 Å². The number of anilines is 1. The minimum absolute atomic E-state index is 0.0640. The molecule has 5 nitrogen and oxygen atoms in total. The predicted molar refractivity (Wildman–Crippen MR) is 133 cm³/mol. The van der Waals surface area contributed by atoms with Crippen molar-refractivity contribution in [3.05, 3.63) is 94.0 Å². The van der Waals surface area contributed by atoms with E-state index in [1.807, 2.05) is 30.3 Å². The molecule has 0 heterocycles. The van der Waals surface area contributed by atoms with Gasteiger partial charge in [-0.25, -0.2) is 8.42 Å². The Kier molecular flexibility index (Phi) is 8.48. The summed E-state index contributed by atoms with van der Waals surface area (Å²) >= 11 is 14.0. The van der Waals surface area contributed by atoms with Gasteiger partial charge in [0.1, 0.15) is 0 Å². The highest BCUT2D eigenvalue weighted by Gasteiger charge is 2.21. The molecule has 0 fully saturated rings. The molecule has 0 saturated heterocycles. The van der Waals surface area contributed by atoms with Crippen LogP contribution in [0.2, 0.25) is 10.0 Å². The maximum atomic E-state index is 12.4. The molecule has 3 rings (SSSR count). The SMILES string of the molecule is CS(=O)(=O)N(Cc1ccc(C(=O)NCCSc2ccccc2)cc1)c1cccc(Cl)c1Cl. The number of sulfonamides is 1. The molecule has 32 heavy (non-hydrogen) atoms. The zero-order chi connectivity index (χ0) is 23.1. The van der Waals surface area contributed by atoms with Crippen LogP contribution >= 0.6 is 35.0 Å². The molecule has 0 radical (unpaired) electrons. The van der Waals surface area contributed by atoms with Crippen LogP contribution in [0.4, 0.5) is 5.69 Å². The fourth-order valence-electron chi connectivity index (χ4n) is 2.95. The number of carbonyl (C=O) groups excluding carboxylic acids is 1. The summed E-state index contributed by atoms with van der Waals surface area (Å²) in [5.74, 6) is 0.584. The van der Waals surface area contributed by atoms with Crippen LogP contribution in [-0.2, 0) is 16.6 Å². The lowest BCUT2D eigenvalue weighted by atomic mass is 10.1. The summed E-state index contributed by atoms with van der Waals surface area (Å²) in [6, 6.07) is 21.6. The number of amides is 1. The van der Waals surface area contributed by atoms with Gasteiger partial charge in [-0.3, -0.25) is 9.10 Å². The zero-order valence-electron chi connectivity index (χ0n) is 17.3. The number of rotatable bonds is 9. The minimum Gasteiger partial charge on any atom is -0.351 e. The molecule has 0 saturated carbocycles. The van der Waals surface area contributed by atoms with Gasteiger partial charge in [0.25, 0.3) is 5.91 Å². The zero-order valence-corrected chi connectivity index (χ0v) is 20.4. The van der Waals surface area contributed by atoms with Crippen molar-refractivity contribution in [1.82, 2.24) is 5.32 Å². The number of hydrogen-bond acceptors (Lipinski definition) is 4. The molecule has 3 aromatic carbocycles. The van der Waals surface area contributed by atoms with Gasteiger partial charge < -0.3 is 5.32 Å². The van der Waals surface area contributed by atoms with E-state index in [2.05, 4.69) is 5.32 Å². The van der Waals surface area contributed by atoms with Gasteiger partial charge in [0.15, 0.2) is 0 Å². The second kappa shape index (κ2) is 11.1. The Morgan fingerprint density at radius 3 is 2.31 bits per heavy atom. The molecule has 0 atom stereocenters. The summed E-state index contributed by atoms with van der Waals surface area (Å²) in [6.45, 7) is 0.601. The standard InChI is InChI=1S/C23H22Cl2N2O3S2/c1-32(29,30)27(21-9-5-8-20(24)22(21)25)16-17-10-12-18(13-11-17)23(28)26-14-15-31-19-6-3-2-4-7-19/h2-13H,14-16H2,1H3,(H,26,28). The van der Waals surface area contributed by atoms with Crippen LogP contribution in [0.1, 0.15) is 15.9 Å². The van der Waals surface area contributed by atoms with Crippen molar-refractivity contribution < 1.29 is 13.2 Å². The number of hydrogen-bond donors (Lipinski definition) is 1. The first-order chi connectivity index (χ1) is 15.3. The Bertz CT molecular complexity index is 1170. The maximum Gasteiger partial charge on any atom is 0.251 e. The number of halogens is 2. The smallest absolute Gasteiger partial charge is 0.251 e. The Morgan fingerprint density at radius 2 is 1.66 bits per heavy atom. The first-order valence-electron chi connectivity index (χ1n) is 9.72. The lowest BCUT2D eigenvalue weighted by Gasteiger charge is -2.24. The van der Waals surface area contributed by atoms with Gasteiger partial charge in [0, 0.05) is 22.8 Å². The normalized spacial score (nSPS) is 11.2. The third-order valence-electron chi connectivity index (χ3n) is 4.54. The monoisotopic (exact) mass is 508 g/mol. The highest BCUT2D eigenvalue weighted by molar-refractivity contribution is 7.99. The van der Waals surface area contributed by atoms with Gasteiger partial charge >= 0.3 is 0 Å². The molecule has 0 aliphatic carbocycles. The molecule has 0 unspecified atom stereocenters. The fourth-order valence-corrected chi connectivity index (χ4v) is 5.08. The van der Waals surface area contributed by atoms with Gasteiger partial charge in [-0.05, 0) is 42.0 Å². The van der Waals surface area contributed by atoms with Crippen molar-refractivity contribution >= 4 is 56.6 Å². The van der Waals surface area contributed by atoms with Crippen LogP contribution in [0, 0.1) is 0 Å². The summed E-state index contributed by atoms with van der Waals surface area (Å²) in [4.78, 5) is 13.5. The van der Waals surface area contributed by atoms with Crippen LogP contribution < -0.4 is 9.62 Å². The third-order valence-corrected chi connectivity index (χ3v) is 7.49. The summed E-state index contributed by atoms with van der Waals surface area (Å²) < 4.78 is 26.0. The second-order valence-corrected chi connectivity index (χ2v) is 10.8. The van der Waals surface area contributed by atoms with Gasteiger partial charge in [-0.15, -0.1) is 11.8 Å². The van der Waals surface area contributed by atoms with Crippen molar-refractivity contribution in [2.75, 3.05) is 22.9 Å². The van der Waals surface area contributed by atoms with Crippen molar-refractivity contribution in [2.45, 2.75) is 11.4 Å². The van der Waals surface area contributed by atoms with Gasteiger partial charge in [0.05, 0.1) is 28.5 Å². The summed E-state index contributed by atoms with van der Waals surface area (Å²) in [6.07, 6.45) is 1.11. The summed E-state index contributed by atoms with van der Waals surface area (Å²) in [7, 11) is -3.61. The highest BCUT2D eigenvalue weighted by atomic mass is 35.5. The molecule has 0 spiro atoms. The summed E-state index contributed by atoms with van der Waals surface area (Å²) in [5.41, 5.74) is 1.52. The molecule has 0 aliphatic heterocycles. The van der Waals surface area contributed by atoms with Crippen molar-refractivity contribution in [1.29, 1.82) is 0 Å². The van der Waals surface area contributed by atoms with Crippen LogP contribution in [0.5, 0.6) is 0 Å². The molecular formula is C23H22Cl2N2O3S2. The van der Waals surface area contributed by atoms with E-state index in [0.29, 0.717) is 23.4 Å². The number of nitrogens with zero attached hydrogens (tertiary/aromatic N) is 1. The van der Waals surface area contributed by atoms with Crippen molar-refractivity contribution in [3.8, 4) is 0 Å². The highest BCUT2D eigenvalue weighted by Crippen LogP contribution is 2.34. The molecule has 9 heteroatoms. The lowest BCUT2D eigenvalue weighted by molar-refractivity contribution is 0.0956. The quantitative estimate of drug-likeness (QED) is 0.306. The second-order valence-electron chi connectivity index (χ2n) is 6.96. The topological polar surface area (TPSA) is 66.5 Å². The van der Waals surface area contributed by atoms with E-state index in [1.165, 1.54) is 4.31 Å². The minimum atomic E-state index is -3.61. The molecule has 168 valence electrons. The predicted octanol–water partition coefficient (Wildman–Crippen LogP) is 5.48. The average molecular weight is 509 g/mol. The van der Waals surface area contributed by atoms with E-state index < -0.39 is 10.0 Å². The average Bonchev–Trinajstić information content (AvgIpc) is 2.77. The molecule has 0 aromatic heterocycles. The van der Waals surface area contributed by atoms with E-state index in [4.69, 9.17) is 23.2 Å². The maximum absolute atomic E-state index is 12.4. The number of thioether (sulfide) groups is 1. The molecule has 1 amide bonds. The largest absolute Gasteiger partial charge is 0.351 e. The van der Waals surface area contributed by atoms with Crippen LogP contribution in [0.3, 0.4) is 0 Å². The number of nitrogens with one attached hydrogen (secondary N) is 1. The number of carbonyl (C=O) groups is 1. The molecule has 3 aromatic rings. The van der Waals surface area contributed by atoms with E-state index in [-0.39, 0.29) is 22.5 Å². The Hall–Kier alpha value is -2.19. The fraction of sp³-hybridized carbons (Fsp3) is 0.174. The van der Waals surface area contributed by atoms with Crippen LogP contribution in [0.25, 0.3) is 0 Å². The lowest BCUT2D eigenvalue weighted by Crippen LogP contribution is -2.29. The van der Waals surface area contributed by atoms with Gasteiger partial charge in [-0.1, -0.05) is 59.6 Å². The molecule has 1 N–H and O–H groups in total. The Labute approximate surface area is 202 Å². The van der Waals surface area contributed by atoms with E-state index in [1.54, 1.807) is 54.2 Å². The Balaban J connectivity index is 1.62.